The molecule has 11 aromatic rings. The molecule has 0 aliphatic rings. The summed E-state index contributed by atoms with van der Waals surface area (Å²) in [5, 5.41) is 2.50. The van der Waals surface area contributed by atoms with E-state index < -0.39 is 0 Å². The first-order chi connectivity index (χ1) is 30.8. The molecular weight excluding hydrogens is 749 g/mol. The van der Waals surface area contributed by atoms with Crippen LogP contribution in [0.1, 0.15) is 0 Å². The van der Waals surface area contributed by atoms with Crippen LogP contribution in [0.5, 0.6) is 0 Å². The van der Waals surface area contributed by atoms with Crippen LogP contribution in [0.2, 0.25) is 0 Å². The second-order valence-corrected chi connectivity index (χ2v) is 15.7. The molecule has 0 unspecified atom stereocenters. The molecule has 0 radical (unpaired) electrons. The average molecular weight is 791 g/mol. The third-order valence-corrected chi connectivity index (χ3v) is 12.0. The Kier molecular flexibility index (Phi) is 9.57. The average Bonchev–Trinajstić information content (AvgIpc) is 3.70. The molecule has 62 heavy (non-hydrogen) atoms. The lowest BCUT2D eigenvalue weighted by molar-refractivity contribution is 1.18. The number of benzene rings is 10. The Morgan fingerprint density at radius 2 is 0.613 bits per heavy atom. The van der Waals surface area contributed by atoms with E-state index in [-0.39, 0.29) is 0 Å². The summed E-state index contributed by atoms with van der Waals surface area (Å²) in [4.78, 5) is 2.33. The Bertz CT molecular complexity index is 3280. The van der Waals surface area contributed by atoms with Crippen LogP contribution in [0.15, 0.2) is 255 Å². The van der Waals surface area contributed by atoms with Crippen molar-refractivity contribution in [1.29, 1.82) is 0 Å². The van der Waals surface area contributed by atoms with Crippen LogP contribution in [-0.4, -0.2) is 4.57 Å². The number of aromatic nitrogens is 1. The highest BCUT2D eigenvalue weighted by atomic mass is 15.1. The second kappa shape index (κ2) is 16.1. The third-order valence-electron chi connectivity index (χ3n) is 12.0. The first-order valence-corrected chi connectivity index (χ1v) is 21.3. The van der Waals surface area contributed by atoms with Crippen molar-refractivity contribution in [2.24, 2.45) is 0 Å². The maximum Gasteiger partial charge on any atom is 0.0547 e. The van der Waals surface area contributed by atoms with E-state index in [0.717, 1.165) is 28.3 Å². The number of hydrogen-bond acceptors (Lipinski definition) is 1. The third kappa shape index (κ3) is 6.84. The largest absolute Gasteiger partial charge is 0.311 e. The van der Waals surface area contributed by atoms with E-state index in [4.69, 9.17) is 0 Å². The Hall–Kier alpha value is -8.20. The van der Waals surface area contributed by atoms with Gasteiger partial charge in [-0.1, -0.05) is 200 Å². The molecule has 0 saturated carbocycles. The lowest BCUT2D eigenvalue weighted by Gasteiger charge is -2.26. The van der Waals surface area contributed by atoms with Gasteiger partial charge in [0.05, 0.1) is 16.7 Å². The van der Waals surface area contributed by atoms with E-state index in [0.29, 0.717) is 0 Å². The van der Waals surface area contributed by atoms with Gasteiger partial charge in [0.1, 0.15) is 0 Å². The molecular formula is C60H42N2. The molecule has 0 fully saturated rings. The molecule has 2 heteroatoms. The van der Waals surface area contributed by atoms with Crippen LogP contribution in [-0.2, 0) is 0 Å². The van der Waals surface area contributed by atoms with E-state index in [1.165, 1.54) is 71.9 Å². The van der Waals surface area contributed by atoms with Crippen LogP contribution in [0.3, 0.4) is 0 Å². The normalized spacial score (nSPS) is 11.2. The summed E-state index contributed by atoms with van der Waals surface area (Å²) in [6.45, 7) is 0. The molecule has 0 aliphatic carbocycles. The zero-order valence-corrected chi connectivity index (χ0v) is 34.1. The highest BCUT2D eigenvalue weighted by Gasteiger charge is 2.19. The van der Waals surface area contributed by atoms with Gasteiger partial charge in [0, 0.05) is 33.4 Å². The van der Waals surface area contributed by atoms with Gasteiger partial charge in [-0.3, -0.25) is 0 Å². The van der Waals surface area contributed by atoms with Gasteiger partial charge >= 0.3 is 0 Å². The van der Waals surface area contributed by atoms with Crippen molar-refractivity contribution >= 4 is 38.9 Å². The van der Waals surface area contributed by atoms with Crippen molar-refractivity contribution < 1.29 is 0 Å². The molecule has 0 N–H and O–H groups in total. The highest BCUT2D eigenvalue weighted by molar-refractivity contribution is 6.16. The highest BCUT2D eigenvalue weighted by Crippen LogP contribution is 2.42. The molecule has 0 atom stereocenters. The summed E-state index contributed by atoms with van der Waals surface area (Å²) in [6, 6.07) is 91.9. The minimum atomic E-state index is 1.09. The minimum absolute atomic E-state index is 1.09. The summed E-state index contributed by atoms with van der Waals surface area (Å²) in [6.07, 6.45) is 0. The quantitative estimate of drug-likeness (QED) is 0.141. The Labute approximate surface area is 362 Å². The number of hydrogen-bond donors (Lipinski definition) is 0. The van der Waals surface area contributed by atoms with Crippen LogP contribution in [0.4, 0.5) is 17.1 Å². The van der Waals surface area contributed by atoms with Crippen LogP contribution >= 0.6 is 0 Å². The van der Waals surface area contributed by atoms with Crippen LogP contribution in [0, 0.1) is 0 Å². The van der Waals surface area contributed by atoms with Gasteiger partial charge in [0.15, 0.2) is 0 Å². The molecule has 0 amide bonds. The maximum atomic E-state index is 2.45. The molecule has 1 heterocycles. The zero-order chi connectivity index (χ0) is 41.2. The fourth-order valence-corrected chi connectivity index (χ4v) is 9.01. The van der Waals surface area contributed by atoms with Crippen molar-refractivity contribution in [3.63, 3.8) is 0 Å². The number of para-hydroxylation sites is 3. The van der Waals surface area contributed by atoms with Crippen molar-refractivity contribution in [2.45, 2.75) is 0 Å². The van der Waals surface area contributed by atoms with E-state index in [2.05, 4.69) is 264 Å². The van der Waals surface area contributed by atoms with Crippen molar-refractivity contribution in [2.75, 3.05) is 4.90 Å². The lowest BCUT2D eigenvalue weighted by Crippen LogP contribution is -2.09. The van der Waals surface area contributed by atoms with Crippen molar-refractivity contribution in [1.82, 2.24) is 4.57 Å². The Morgan fingerprint density at radius 3 is 1.19 bits per heavy atom. The number of nitrogens with zero attached hydrogens (tertiary/aromatic N) is 2. The van der Waals surface area contributed by atoms with Gasteiger partial charge in [-0.25, -0.2) is 0 Å². The number of fused-ring (bicyclic) bond motifs is 3. The molecule has 292 valence electrons. The van der Waals surface area contributed by atoms with E-state index >= 15 is 0 Å². The van der Waals surface area contributed by atoms with Gasteiger partial charge in [0.2, 0.25) is 0 Å². The molecule has 2 nitrogen and oxygen atoms in total. The molecule has 0 aliphatic heterocycles. The van der Waals surface area contributed by atoms with E-state index in [1.54, 1.807) is 0 Å². The van der Waals surface area contributed by atoms with Crippen molar-refractivity contribution in [3.8, 4) is 61.3 Å². The van der Waals surface area contributed by atoms with E-state index in [1.807, 2.05) is 0 Å². The smallest absolute Gasteiger partial charge is 0.0547 e. The molecule has 11 rings (SSSR count). The molecule has 10 aromatic carbocycles. The molecule has 0 spiro atoms. The molecule has 0 saturated heterocycles. The Balaban J connectivity index is 0.947. The summed E-state index contributed by atoms with van der Waals surface area (Å²) >= 11 is 0. The first-order valence-electron chi connectivity index (χ1n) is 21.3. The first kappa shape index (κ1) is 36.8. The summed E-state index contributed by atoms with van der Waals surface area (Å²) in [5.41, 5.74) is 18.9. The van der Waals surface area contributed by atoms with Gasteiger partial charge < -0.3 is 9.47 Å². The predicted molar refractivity (Wildman–Crippen MR) is 263 cm³/mol. The van der Waals surface area contributed by atoms with Crippen LogP contribution in [0.25, 0.3) is 83.1 Å². The summed E-state index contributed by atoms with van der Waals surface area (Å²) in [7, 11) is 0. The van der Waals surface area contributed by atoms with Crippen LogP contribution < -0.4 is 4.90 Å². The zero-order valence-electron chi connectivity index (χ0n) is 34.1. The van der Waals surface area contributed by atoms with Gasteiger partial charge in [-0.2, -0.15) is 0 Å². The van der Waals surface area contributed by atoms with Gasteiger partial charge in [-0.15, -0.1) is 0 Å². The SMILES string of the molecule is c1ccc(-c2ccc(-c3ccc(N(c4ccccc4)c4ccc(-c5ccccc5-n5c6ccccc6c6c(-c7ccc(-c8ccccc8)cc7)cccc65)cc4)cc3)cc2)cc1. The summed E-state index contributed by atoms with van der Waals surface area (Å²) in [5.74, 6) is 0. The molecule has 1 aromatic heterocycles. The van der Waals surface area contributed by atoms with Gasteiger partial charge in [-0.05, 0) is 105 Å². The predicted octanol–water partition coefficient (Wildman–Crippen LogP) is 16.6. The summed E-state index contributed by atoms with van der Waals surface area (Å²) < 4.78 is 2.45. The van der Waals surface area contributed by atoms with Gasteiger partial charge in [0.25, 0.3) is 0 Å². The monoisotopic (exact) mass is 790 g/mol. The fourth-order valence-electron chi connectivity index (χ4n) is 9.01. The van der Waals surface area contributed by atoms with E-state index in [9.17, 15) is 0 Å². The standard InChI is InChI=1S/C60H42N2/c1-4-15-43(16-5-1)45-27-29-47(30-28-45)48-35-39-52(40-36-48)61(51-19-8-3-9-20-51)53-41-37-49(38-42-53)54-21-10-12-24-57(54)62-58-25-13-11-22-56(58)60-55(23-14-26-59(60)62)50-33-31-46(32-34-50)44-17-6-2-7-18-44/h1-42H. The maximum absolute atomic E-state index is 2.45. The fraction of sp³-hybridized carbons (Fsp3) is 0. The second-order valence-electron chi connectivity index (χ2n) is 15.7. The Morgan fingerprint density at radius 1 is 0.242 bits per heavy atom. The number of anilines is 3. The number of rotatable bonds is 9. The minimum Gasteiger partial charge on any atom is -0.311 e. The lowest BCUT2D eigenvalue weighted by atomic mass is 9.97. The molecule has 0 bridgehead atoms. The van der Waals surface area contributed by atoms with Crippen molar-refractivity contribution in [3.05, 3.63) is 255 Å². The topological polar surface area (TPSA) is 8.17 Å².